The Hall–Kier alpha value is -2.47. The number of nitrogens with zero attached hydrogens (tertiary/aromatic N) is 1. The highest BCUT2D eigenvalue weighted by Gasteiger charge is 2.36. The highest BCUT2D eigenvalue weighted by atomic mass is 32.2. The Balaban J connectivity index is 1.54. The number of thioether (sulfide) groups is 1. The van der Waals surface area contributed by atoms with Crippen LogP contribution in [0.15, 0.2) is 53.4 Å². The van der Waals surface area contributed by atoms with Crippen molar-refractivity contribution in [3.63, 3.8) is 0 Å². The minimum absolute atomic E-state index is 0.0438. The lowest BCUT2D eigenvalue weighted by Crippen LogP contribution is -2.34. The number of amides is 2. The standard InChI is InChI=1S/C21H24N2O3S/c1-15-8-9-19(26-2)18(12-15)23-14-16(13-20(23)24)21(25)22-10-11-27-17-6-4-3-5-7-17/h3-9,12,16H,10-11,13-14H2,1-2H3,(H,22,25). The molecule has 142 valence electrons. The first-order valence-corrected chi connectivity index (χ1v) is 9.97. The summed E-state index contributed by atoms with van der Waals surface area (Å²) >= 11 is 1.70. The number of aryl methyl sites for hydroxylation is 1. The number of hydrogen-bond acceptors (Lipinski definition) is 4. The molecule has 1 aliphatic heterocycles. The van der Waals surface area contributed by atoms with Crippen LogP contribution in [0.4, 0.5) is 5.69 Å². The summed E-state index contributed by atoms with van der Waals surface area (Å²) in [5, 5.41) is 2.96. The number of hydrogen-bond donors (Lipinski definition) is 1. The Morgan fingerprint density at radius 3 is 2.78 bits per heavy atom. The van der Waals surface area contributed by atoms with Crippen molar-refractivity contribution in [3.8, 4) is 5.75 Å². The van der Waals surface area contributed by atoms with Gasteiger partial charge in [0.2, 0.25) is 11.8 Å². The fourth-order valence-corrected chi connectivity index (χ4v) is 3.92. The average Bonchev–Trinajstić information content (AvgIpc) is 3.07. The molecule has 2 aromatic carbocycles. The van der Waals surface area contributed by atoms with Gasteiger partial charge < -0.3 is 15.0 Å². The Morgan fingerprint density at radius 2 is 2.04 bits per heavy atom. The molecule has 0 saturated carbocycles. The molecule has 1 unspecified atom stereocenters. The predicted molar refractivity (Wildman–Crippen MR) is 108 cm³/mol. The van der Waals surface area contributed by atoms with Crippen LogP contribution >= 0.6 is 11.8 Å². The van der Waals surface area contributed by atoms with Crippen LogP contribution < -0.4 is 15.0 Å². The monoisotopic (exact) mass is 384 g/mol. The number of carbonyl (C=O) groups excluding carboxylic acids is 2. The predicted octanol–water partition coefficient (Wildman–Crippen LogP) is 3.27. The Labute approximate surface area is 164 Å². The number of anilines is 1. The molecule has 0 aliphatic carbocycles. The first-order chi connectivity index (χ1) is 13.1. The van der Waals surface area contributed by atoms with E-state index in [1.165, 1.54) is 4.90 Å². The van der Waals surface area contributed by atoms with E-state index < -0.39 is 0 Å². The number of nitrogens with one attached hydrogen (secondary N) is 1. The lowest BCUT2D eigenvalue weighted by Gasteiger charge is -2.20. The number of carbonyl (C=O) groups is 2. The SMILES string of the molecule is COc1ccc(C)cc1N1CC(C(=O)NCCSc2ccccc2)CC1=O. The van der Waals surface area contributed by atoms with Gasteiger partial charge in [0, 0.05) is 30.2 Å². The molecule has 1 heterocycles. The summed E-state index contributed by atoms with van der Waals surface area (Å²) in [6.45, 7) is 2.94. The number of benzene rings is 2. The van der Waals surface area contributed by atoms with E-state index in [4.69, 9.17) is 4.74 Å². The summed E-state index contributed by atoms with van der Waals surface area (Å²) in [5.41, 5.74) is 1.78. The van der Waals surface area contributed by atoms with E-state index in [2.05, 4.69) is 17.4 Å². The van der Waals surface area contributed by atoms with Crippen LogP contribution in [0.2, 0.25) is 0 Å². The van der Waals surface area contributed by atoms with Crippen molar-refractivity contribution in [3.05, 3.63) is 54.1 Å². The van der Waals surface area contributed by atoms with Crippen molar-refractivity contribution in [2.24, 2.45) is 5.92 Å². The van der Waals surface area contributed by atoms with E-state index in [1.807, 2.05) is 43.3 Å². The van der Waals surface area contributed by atoms with Gasteiger partial charge in [-0.25, -0.2) is 0 Å². The molecule has 0 radical (unpaired) electrons. The molecule has 0 bridgehead atoms. The Kier molecular flexibility index (Phi) is 6.40. The molecule has 1 N–H and O–H groups in total. The molecule has 3 rings (SSSR count). The van der Waals surface area contributed by atoms with Gasteiger partial charge in [-0.1, -0.05) is 24.3 Å². The van der Waals surface area contributed by atoms with E-state index in [0.29, 0.717) is 18.8 Å². The van der Waals surface area contributed by atoms with E-state index >= 15 is 0 Å². The normalized spacial score (nSPS) is 16.4. The quantitative estimate of drug-likeness (QED) is 0.588. The number of methoxy groups -OCH3 is 1. The zero-order valence-electron chi connectivity index (χ0n) is 15.6. The van der Waals surface area contributed by atoms with Crippen LogP contribution in [0.5, 0.6) is 5.75 Å². The maximum absolute atomic E-state index is 12.5. The van der Waals surface area contributed by atoms with Crippen molar-refractivity contribution in [2.75, 3.05) is 30.9 Å². The number of rotatable bonds is 7. The largest absolute Gasteiger partial charge is 0.495 e. The van der Waals surface area contributed by atoms with Gasteiger partial charge in [0.25, 0.3) is 0 Å². The molecular weight excluding hydrogens is 360 g/mol. The first-order valence-electron chi connectivity index (χ1n) is 8.99. The van der Waals surface area contributed by atoms with Gasteiger partial charge in [0.05, 0.1) is 18.7 Å². The van der Waals surface area contributed by atoms with E-state index in [-0.39, 0.29) is 24.2 Å². The molecule has 6 heteroatoms. The number of ether oxygens (including phenoxy) is 1. The summed E-state index contributed by atoms with van der Waals surface area (Å²) < 4.78 is 5.38. The smallest absolute Gasteiger partial charge is 0.227 e. The lowest BCUT2D eigenvalue weighted by atomic mass is 10.1. The van der Waals surface area contributed by atoms with Crippen molar-refractivity contribution >= 4 is 29.3 Å². The highest BCUT2D eigenvalue weighted by molar-refractivity contribution is 7.99. The van der Waals surface area contributed by atoms with Crippen molar-refractivity contribution in [1.29, 1.82) is 0 Å². The van der Waals surface area contributed by atoms with E-state index in [9.17, 15) is 9.59 Å². The van der Waals surface area contributed by atoms with Gasteiger partial charge in [0.15, 0.2) is 0 Å². The molecular formula is C21H24N2O3S. The van der Waals surface area contributed by atoms with Gasteiger partial charge in [-0.3, -0.25) is 9.59 Å². The molecule has 1 saturated heterocycles. The summed E-state index contributed by atoms with van der Waals surface area (Å²) in [6.07, 6.45) is 0.231. The lowest BCUT2D eigenvalue weighted by molar-refractivity contribution is -0.126. The van der Waals surface area contributed by atoms with Gasteiger partial charge in [0.1, 0.15) is 5.75 Å². The molecule has 5 nitrogen and oxygen atoms in total. The fraction of sp³-hybridized carbons (Fsp3) is 0.333. The maximum Gasteiger partial charge on any atom is 0.227 e. The highest BCUT2D eigenvalue weighted by Crippen LogP contribution is 2.33. The van der Waals surface area contributed by atoms with E-state index in [0.717, 1.165) is 17.0 Å². The molecule has 27 heavy (non-hydrogen) atoms. The summed E-state index contributed by atoms with van der Waals surface area (Å²) in [6, 6.07) is 15.8. The zero-order valence-corrected chi connectivity index (χ0v) is 16.4. The third kappa shape index (κ3) is 4.83. The van der Waals surface area contributed by atoms with Crippen LogP contribution in [0.25, 0.3) is 0 Å². The van der Waals surface area contributed by atoms with Gasteiger partial charge in [-0.05, 0) is 36.8 Å². The van der Waals surface area contributed by atoms with Crippen LogP contribution in [0.1, 0.15) is 12.0 Å². The Bertz CT molecular complexity index is 810. The molecule has 1 atom stereocenters. The minimum Gasteiger partial charge on any atom is -0.495 e. The maximum atomic E-state index is 12.5. The first kappa shape index (κ1) is 19.3. The van der Waals surface area contributed by atoms with Crippen LogP contribution in [0, 0.1) is 12.8 Å². The zero-order chi connectivity index (χ0) is 19.2. The van der Waals surface area contributed by atoms with Crippen molar-refractivity contribution < 1.29 is 14.3 Å². The topological polar surface area (TPSA) is 58.6 Å². The third-order valence-electron chi connectivity index (χ3n) is 4.53. The van der Waals surface area contributed by atoms with Crippen LogP contribution in [-0.4, -0.2) is 37.8 Å². The van der Waals surface area contributed by atoms with Crippen molar-refractivity contribution in [1.82, 2.24) is 5.32 Å². The van der Waals surface area contributed by atoms with Crippen LogP contribution in [0.3, 0.4) is 0 Å². The van der Waals surface area contributed by atoms with Gasteiger partial charge >= 0.3 is 0 Å². The molecule has 2 amide bonds. The van der Waals surface area contributed by atoms with Gasteiger partial charge in [-0.2, -0.15) is 0 Å². The third-order valence-corrected chi connectivity index (χ3v) is 5.55. The molecule has 0 spiro atoms. The Morgan fingerprint density at radius 1 is 1.26 bits per heavy atom. The molecule has 2 aromatic rings. The van der Waals surface area contributed by atoms with Crippen molar-refractivity contribution in [2.45, 2.75) is 18.2 Å². The molecule has 1 aliphatic rings. The second kappa shape index (κ2) is 8.95. The minimum atomic E-state index is -0.329. The summed E-state index contributed by atoms with van der Waals surface area (Å²) in [4.78, 5) is 27.8. The fourth-order valence-electron chi connectivity index (χ4n) is 3.13. The summed E-state index contributed by atoms with van der Waals surface area (Å²) in [5.74, 6) is 1.01. The van der Waals surface area contributed by atoms with Crippen LogP contribution in [-0.2, 0) is 9.59 Å². The van der Waals surface area contributed by atoms with Gasteiger partial charge in [-0.15, -0.1) is 11.8 Å². The van der Waals surface area contributed by atoms with E-state index in [1.54, 1.807) is 23.8 Å². The summed E-state index contributed by atoms with van der Waals surface area (Å²) in [7, 11) is 1.59. The second-order valence-electron chi connectivity index (χ2n) is 6.53. The molecule has 0 aromatic heterocycles. The molecule has 1 fully saturated rings. The second-order valence-corrected chi connectivity index (χ2v) is 7.70. The average molecular weight is 385 g/mol.